The van der Waals surface area contributed by atoms with Crippen LogP contribution in [0.1, 0.15) is 0 Å². The Morgan fingerprint density at radius 2 is 1.04 bits per heavy atom. The lowest BCUT2D eigenvalue weighted by Gasteiger charge is -2.11. The first kappa shape index (κ1) is 32.2. The number of hydrogen-bond donors (Lipinski definition) is 0. The molecule has 0 aliphatic carbocycles. The van der Waals surface area contributed by atoms with Crippen LogP contribution in [0.4, 0.5) is 0 Å². The number of nitrogens with zero attached hydrogens (tertiary/aromatic N) is 3. The van der Waals surface area contributed by atoms with E-state index < -0.39 is 0 Å². The second-order valence-electron chi connectivity index (χ2n) is 14.0. The van der Waals surface area contributed by atoms with Crippen LogP contribution in [0.5, 0.6) is 0 Å². The third-order valence-corrected chi connectivity index (χ3v) is 11.8. The molecule has 0 unspecified atom stereocenters. The summed E-state index contributed by atoms with van der Waals surface area (Å²) >= 11 is 1.85. The average molecular weight is 734 g/mol. The van der Waals surface area contributed by atoms with E-state index >= 15 is 0 Å². The van der Waals surface area contributed by atoms with Crippen LogP contribution in [-0.2, 0) is 0 Å². The molecule has 4 heterocycles. The average Bonchev–Trinajstić information content (AvgIpc) is 3.85. The summed E-state index contributed by atoms with van der Waals surface area (Å²) in [6, 6.07) is 61.7. The third kappa shape index (κ3) is 5.56. The Balaban J connectivity index is 0.998. The minimum Gasteiger partial charge on any atom is -0.455 e. The zero-order valence-electron chi connectivity index (χ0n) is 30.1. The number of fused-ring (bicyclic) bond motifs is 6. The third-order valence-electron chi connectivity index (χ3n) is 10.6. The van der Waals surface area contributed by atoms with Gasteiger partial charge < -0.3 is 4.42 Å². The van der Waals surface area contributed by atoms with E-state index in [4.69, 9.17) is 14.4 Å². The predicted octanol–water partition coefficient (Wildman–Crippen LogP) is 14.1. The van der Waals surface area contributed by atoms with Crippen LogP contribution < -0.4 is 0 Å². The highest BCUT2D eigenvalue weighted by Crippen LogP contribution is 2.44. The summed E-state index contributed by atoms with van der Waals surface area (Å²) in [6.45, 7) is 0. The van der Waals surface area contributed by atoms with Gasteiger partial charge in [0.2, 0.25) is 0 Å². The van der Waals surface area contributed by atoms with Crippen molar-refractivity contribution in [3.05, 3.63) is 188 Å². The molecule has 0 saturated heterocycles. The molecule has 0 amide bonds. The molecule has 0 saturated carbocycles. The van der Waals surface area contributed by atoms with Crippen molar-refractivity contribution >= 4 is 53.4 Å². The highest BCUT2D eigenvalue weighted by Gasteiger charge is 2.19. The zero-order chi connectivity index (χ0) is 37.0. The molecule has 56 heavy (non-hydrogen) atoms. The molecule has 5 heteroatoms. The summed E-state index contributed by atoms with van der Waals surface area (Å²) in [4.78, 5) is 14.4. The van der Waals surface area contributed by atoms with Crippen LogP contribution in [-0.4, -0.2) is 15.0 Å². The second-order valence-corrected chi connectivity index (χ2v) is 15.1. The normalized spacial score (nSPS) is 11.6. The fraction of sp³-hybridized carbons (Fsp3) is 0. The van der Waals surface area contributed by atoms with Crippen LogP contribution in [0.2, 0.25) is 0 Å². The molecule has 4 nitrogen and oxygen atoms in total. The van der Waals surface area contributed by atoms with Gasteiger partial charge in [-0.3, -0.25) is 4.98 Å². The summed E-state index contributed by atoms with van der Waals surface area (Å²) < 4.78 is 9.29. The standard InChI is InChI=1S/C51H31N3OS/c1-2-9-36(10-3-1)51-53-44(34-20-16-32(17-21-34)38-11-8-28-52-31-38)30-45(54-51)35-22-18-33(19-23-35)40-27-26-39(49-43-13-4-6-14-46(43)55-50(40)49)37-24-25-42-41-12-5-7-15-47(41)56-48(42)29-37/h1-31H. The minimum absolute atomic E-state index is 0.687. The maximum absolute atomic E-state index is 6.70. The lowest BCUT2D eigenvalue weighted by molar-refractivity contribution is 0.670. The first-order chi connectivity index (χ1) is 27.7. The van der Waals surface area contributed by atoms with Crippen LogP contribution >= 0.6 is 11.3 Å². The van der Waals surface area contributed by atoms with Crippen molar-refractivity contribution in [1.82, 2.24) is 15.0 Å². The second kappa shape index (κ2) is 13.3. The predicted molar refractivity (Wildman–Crippen MR) is 233 cm³/mol. The van der Waals surface area contributed by atoms with E-state index in [-0.39, 0.29) is 0 Å². The van der Waals surface area contributed by atoms with Crippen molar-refractivity contribution < 1.29 is 4.42 Å². The van der Waals surface area contributed by atoms with E-state index in [1.807, 2.05) is 47.9 Å². The maximum atomic E-state index is 6.70. The van der Waals surface area contributed by atoms with Gasteiger partial charge in [-0.15, -0.1) is 11.3 Å². The Kier molecular flexibility index (Phi) is 7.64. The van der Waals surface area contributed by atoms with Gasteiger partial charge in [-0.2, -0.15) is 0 Å². The summed E-state index contributed by atoms with van der Waals surface area (Å²) in [7, 11) is 0. The molecule has 0 aliphatic heterocycles. The van der Waals surface area contributed by atoms with Crippen molar-refractivity contribution in [3.8, 4) is 67.3 Å². The van der Waals surface area contributed by atoms with Gasteiger partial charge in [-0.05, 0) is 64.2 Å². The molecule has 0 bridgehead atoms. The van der Waals surface area contributed by atoms with E-state index in [1.54, 1.807) is 6.20 Å². The first-order valence-electron chi connectivity index (χ1n) is 18.7. The number of para-hydroxylation sites is 1. The van der Waals surface area contributed by atoms with Crippen molar-refractivity contribution in [3.63, 3.8) is 0 Å². The lowest BCUT2D eigenvalue weighted by Crippen LogP contribution is -1.96. The van der Waals surface area contributed by atoms with Crippen molar-refractivity contribution in [2.24, 2.45) is 0 Å². The Labute approximate surface area is 327 Å². The highest BCUT2D eigenvalue weighted by atomic mass is 32.1. The van der Waals surface area contributed by atoms with Crippen molar-refractivity contribution in [1.29, 1.82) is 0 Å². The van der Waals surface area contributed by atoms with Crippen LogP contribution in [0.25, 0.3) is 109 Å². The van der Waals surface area contributed by atoms with E-state index in [2.05, 4.69) is 151 Å². The maximum Gasteiger partial charge on any atom is 0.160 e. The fourth-order valence-electron chi connectivity index (χ4n) is 7.84. The Hall–Kier alpha value is -7.21. The van der Waals surface area contributed by atoms with Gasteiger partial charge in [-0.1, -0.05) is 140 Å². The van der Waals surface area contributed by atoms with Crippen molar-refractivity contribution in [2.75, 3.05) is 0 Å². The number of furan rings is 1. The lowest BCUT2D eigenvalue weighted by atomic mass is 9.94. The van der Waals surface area contributed by atoms with E-state index in [1.165, 1.54) is 31.3 Å². The molecule has 11 rings (SSSR count). The first-order valence-corrected chi connectivity index (χ1v) is 19.5. The largest absolute Gasteiger partial charge is 0.455 e. The van der Waals surface area contributed by atoms with Crippen LogP contribution in [0.3, 0.4) is 0 Å². The quantitative estimate of drug-likeness (QED) is 0.171. The van der Waals surface area contributed by atoms with Crippen LogP contribution in [0.15, 0.2) is 193 Å². The monoisotopic (exact) mass is 733 g/mol. The highest BCUT2D eigenvalue weighted by molar-refractivity contribution is 7.25. The van der Waals surface area contributed by atoms with Gasteiger partial charge in [0, 0.05) is 65.6 Å². The van der Waals surface area contributed by atoms with Crippen LogP contribution in [0, 0.1) is 0 Å². The molecule has 4 aromatic heterocycles. The molecule has 0 aliphatic rings. The smallest absolute Gasteiger partial charge is 0.160 e. The Morgan fingerprint density at radius 1 is 0.411 bits per heavy atom. The van der Waals surface area contributed by atoms with Crippen molar-refractivity contribution in [2.45, 2.75) is 0 Å². The van der Waals surface area contributed by atoms with Gasteiger partial charge in [0.1, 0.15) is 11.2 Å². The molecule has 0 spiro atoms. The van der Waals surface area contributed by atoms with Gasteiger partial charge in [0.05, 0.1) is 11.4 Å². The Morgan fingerprint density at radius 3 is 1.80 bits per heavy atom. The van der Waals surface area contributed by atoms with E-state index in [0.29, 0.717) is 5.82 Å². The summed E-state index contributed by atoms with van der Waals surface area (Å²) in [5, 5.41) is 4.85. The molecule has 262 valence electrons. The molecular weight excluding hydrogens is 703 g/mol. The molecule has 11 aromatic rings. The molecule has 0 N–H and O–H groups in total. The number of pyridine rings is 1. The van der Waals surface area contributed by atoms with E-state index in [0.717, 1.165) is 72.3 Å². The molecule has 0 atom stereocenters. The molecular formula is C51H31N3OS. The molecule has 0 radical (unpaired) electrons. The Bertz CT molecular complexity index is 3220. The van der Waals surface area contributed by atoms with Gasteiger partial charge in [-0.25, -0.2) is 9.97 Å². The van der Waals surface area contributed by atoms with Gasteiger partial charge >= 0.3 is 0 Å². The minimum atomic E-state index is 0.687. The summed E-state index contributed by atoms with van der Waals surface area (Å²) in [6.07, 6.45) is 3.68. The topological polar surface area (TPSA) is 51.8 Å². The number of rotatable bonds is 6. The van der Waals surface area contributed by atoms with Gasteiger partial charge in [0.15, 0.2) is 5.82 Å². The number of thiophene rings is 1. The molecule has 0 fully saturated rings. The number of aromatic nitrogens is 3. The summed E-state index contributed by atoms with van der Waals surface area (Å²) in [5.41, 5.74) is 13.2. The van der Waals surface area contributed by atoms with E-state index in [9.17, 15) is 0 Å². The number of benzene rings is 7. The van der Waals surface area contributed by atoms with Gasteiger partial charge in [0.25, 0.3) is 0 Å². The number of hydrogen-bond acceptors (Lipinski definition) is 5. The summed E-state index contributed by atoms with van der Waals surface area (Å²) in [5.74, 6) is 0.687. The molecule has 7 aromatic carbocycles. The fourth-order valence-corrected chi connectivity index (χ4v) is 8.98. The zero-order valence-corrected chi connectivity index (χ0v) is 30.9. The SMILES string of the molecule is c1ccc(-c2nc(-c3ccc(-c4cccnc4)cc3)cc(-c3ccc(-c4ccc(-c5ccc6c(c5)sc5ccccc56)c5c4oc4ccccc45)cc3)n2)cc1.